The van der Waals surface area contributed by atoms with Crippen molar-refractivity contribution in [1.29, 1.82) is 5.26 Å². The highest BCUT2D eigenvalue weighted by atomic mass is 16.1. The number of likely N-dealkylation sites (tertiary alicyclic amines) is 1. The Bertz CT molecular complexity index is 1140. The van der Waals surface area contributed by atoms with E-state index in [1.807, 2.05) is 66.7 Å². The lowest BCUT2D eigenvalue weighted by molar-refractivity contribution is 0.0762. The summed E-state index contributed by atoms with van der Waals surface area (Å²) >= 11 is 0. The van der Waals surface area contributed by atoms with Crippen molar-refractivity contribution in [2.45, 2.75) is 18.4 Å². The third-order valence-electron chi connectivity index (χ3n) is 6.58. The number of nitrogens with one attached hydrogen (secondary N) is 2. The summed E-state index contributed by atoms with van der Waals surface area (Å²) in [6, 6.07) is 26.0. The molecule has 3 aromatic carbocycles. The molecule has 2 fully saturated rings. The van der Waals surface area contributed by atoms with E-state index in [2.05, 4.69) is 29.0 Å². The van der Waals surface area contributed by atoms with E-state index in [0.717, 1.165) is 41.9 Å². The Labute approximate surface area is 182 Å². The molecule has 1 saturated heterocycles. The van der Waals surface area contributed by atoms with Gasteiger partial charge < -0.3 is 15.5 Å². The first-order valence-electron chi connectivity index (χ1n) is 10.7. The van der Waals surface area contributed by atoms with E-state index >= 15 is 0 Å². The van der Waals surface area contributed by atoms with E-state index in [-0.39, 0.29) is 11.4 Å². The molecule has 31 heavy (non-hydrogen) atoms. The number of hydrogen-bond donors (Lipinski definition) is 2. The maximum Gasteiger partial charge on any atom is 0.251 e. The first-order valence-corrected chi connectivity index (χ1v) is 10.7. The van der Waals surface area contributed by atoms with Gasteiger partial charge in [0.25, 0.3) is 5.91 Å². The van der Waals surface area contributed by atoms with Gasteiger partial charge in [-0.25, -0.2) is 0 Å². The molecule has 154 valence electrons. The average Bonchev–Trinajstić information content (AvgIpc) is 3.05. The number of carbonyl (C=O) groups excluding carboxylic acids is 1. The lowest BCUT2D eigenvalue weighted by atomic mass is 9.69. The van der Waals surface area contributed by atoms with Crippen LogP contribution in [0.3, 0.4) is 0 Å². The quantitative estimate of drug-likeness (QED) is 0.597. The van der Waals surface area contributed by atoms with E-state index in [4.69, 9.17) is 0 Å². The number of para-hydroxylation sites is 2. The molecule has 0 aromatic heterocycles. The van der Waals surface area contributed by atoms with Gasteiger partial charge >= 0.3 is 0 Å². The molecular formula is C26H24N4O. The van der Waals surface area contributed by atoms with E-state index in [0.29, 0.717) is 18.0 Å². The highest BCUT2D eigenvalue weighted by Crippen LogP contribution is 2.44. The van der Waals surface area contributed by atoms with Crippen LogP contribution in [0.5, 0.6) is 0 Å². The van der Waals surface area contributed by atoms with Crippen molar-refractivity contribution in [3.63, 3.8) is 0 Å². The zero-order chi connectivity index (χ0) is 21.3. The van der Waals surface area contributed by atoms with Crippen LogP contribution in [0.25, 0.3) is 11.1 Å². The van der Waals surface area contributed by atoms with Crippen LogP contribution in [0.15, 0.2) is 78.9 Å². The smallest absolute Gasteiger partial charge is 0.251 e. The molecule has 1 heterocycles. The predicted molar refractivity (Wildman–Crippen MR) is 122 cm³/mol. The average molecular weight is 409 g/mol. The summed E-state index contributed by atoms with van der Waals surface area (Å²) in [5, 5.41) is 15.9. The number of benzene rings is 3. The van der Waals surface area contributed by atoms with Crippen LogP contribution in [0, 0.1) is 17.4 Å². The maximum atomic E-state index is 12.9. The molecule has 1 saturated carbocycles. The fourth-order valence-electron chi connectivity index (χ4n) is 4.74. The molecule has 0 bridgehead atoms. The SMILES string of the molecule is N#CN1CC2CC[C@]2(NC(=O)c2ccc(-c3ccccc3Nc3ccccc3)cc2)C1. The van der Waals surface area contributed by atoms with Gasteiger partial charge in [0.1, 0.15) is 0 Å². The lowest BCUT2D eigenvalue weighted by Gasteiger charge is -2.44. The third-order valence-corrected chi connectivity index (χ3v) is 6.58. The topological polar surface area (TPSA) is 68.2 Å². The normalized spacial score (nSPS) is 21.5. The Morgan fingerprint density at radius 3 is 2.45 bits per heavy atom. The molecular weight excluding hydrogens is 384 g/mol. The zero-order valence-electron chi connectivity index (χ0n) is 17.2. The summed E-state index contributed by atoms with van der Waals surface area (Å²) in [6.07, 6.45) is 4.24. The fourth-order valence-corrected chi connectivity index (χ4v) is 4.74. The highest BCUT2D eigenvalue weighted by Gasteiger charge is 2.54. The standard InChI is InChI=1S/C26H24N4O/c27-18-30-16-21-14-15-26(21,17-30)29-25(31)20-12-10-19(11-13-20)23-8-4-5-9-24(23)28-22-6-2-1-3-7-22/h1-13,21,28H,14-17H2,(H,29,31)/t21?,26-/m0/s1. The summed E-state index contributed by atoms with van der Waals surface area (Å²) < 4.78 is 0. The summed E-state index contributed by atoms with van der Waals surface area (Å²) in [5.74, 6) is 0.318. The first kappa shape index (κ1) is 19.2. The molecule has 0 radical (unpaired) electrons. The van der Waals surface area contributed by atoms with Gasteiger partial charge in [0.15, 0.2) is 6.19 Å². The van der Waals surface area contributed by atoms with Crippen molar-refractivity contribution in [2.24, 2.45) is 5.92 Å². The number of nitrogens with zero attached hydrogens (tertiary/aromatic N) is 2. The van der Waals surface area contributed by atoms with E-state index in [1.165, 1.54) is 0 Å². The largest absolute Gasteiger partial charge is 0.355 e. The number of carbonyl (C=O) groups is 1. The molecule has 5 rings (SSSR count). The summed E-state index contributed by atoms with van der Waals surface area (Å²) in [5.41, 5.74) is 4.58. The van der Waals surface area contributed by atoms with Crippen LogP contribution in [-0.2, 0) is 0 Å². The monoisotopic (exact) mass is 408 g/mol. The number of fused-ring (bicyclic) bond motifs is 1. The summed E-state index contributed by atoms with van der Waals surface area (Å²) in [7, 11) is 0. The first-order chi connectivity index (χ1) is 15.2. The number of nitriles is 1. The van der Waals surface area contributed by atoms with Crippen LogP contribution in [0.2, 0.25) is 0 Å². The Kier molecular flexibility index (Phi) is 4.83. The molecule has 1 unspecified atom stereocenters. The number of hydrogen-bond acceptors (Lipinski definition) is 4. The molecule has 5 heteroatoms. The second kappa shape index (κ2) is 7.81. The van der Waals surface area contributed by atoms with Crippen LogP contribution in [0.1, 0.15) is 23.2 Å². The Balaban J connectivity index is 1.33. The van der Waals surface area contributed by atoms with Crippen LogP contribution in [-0.4, -0.2) is 29.4 Å². The number of rotatable bonds is 5. The molecule has 1 aliphatic heterocycles. The lowest BCUT2D eigenvalue weighted by Crippen LogP contribution is -2.60. The van der Waals surface area contributed by atoms with Crippen molar-refractivity contribution in [3.05, 3.63) is 84.4 Å². The Morgan fingerprint density at radius 2 is 1.74 bits per heavy atom. The molecule has 2 N–H and O–H groups in total. The van der Waals surface area contributed by atoms with Crippen molar-refractivity contribution in [1.82, 2.24) is 10.2 Å². The van der Waals surface area contributed by atoms with Crippen molar-refractivity contribution in [3.8, 4) is 17.3 Å². The second-order valence-corrected chi connectivity index (χ2v) is 8.44. The van der Waals surface area contributed by atoms with E-state index in [9.17, 15) is 10.1 Å². The molecule has 2 aliphatic rings. The number of anilines is 2. The van der Waals surface area contributed by atoms with Gasteiger partial charge in [-0.2, -0.15) is 5.26 Å². The molecule has 5 nitrogen and oxygen atoms in total. The van der Waals surface area contributed by atoms with Gasteiger partial charge in [0.05, 0.1) is 12.1 Å². The minimum Gasteiger partial charge on any atom is -0.355 e. The van der Waals surface area contributed by atoms with Gasteiger partial charge in [0, 0.05) is 35.0 Å². The van der Waals surface area contributed by atoms with Gasteiger partial charge in [-0.3, -0.25) is 4.79 Å². The van der Waals surface area contributed by atoms with Gasteiger partial charge in [-0.1, -0.05) is 48.5 Å². The highest BCUT2D eigenvalue weighted by molar-refractivity contribution is 5.95. The molecule has 1 amide bonds. The van der Waals surface area contributed by atoms with Gasteiger partial charge in [-0.15, -0.1) is 0 Å². The Hall–Kier alpha value is -3.78. The van der Waals surface area contributed by atoms with Crippen LogP contribution < -0.4 is 10.6 Å². The maximum absolute atomic E-state index is 12.9. The molecule has 2 atom stereocenters. The third kappa shape index (κ3) is 3.62. The van der Waals surface area contributed by atoms with Gasteiger partial charge in [0.2, 0.25) is 0 Å². The molecule has 0 spiro atoms. The van der Waals surface area contributed by atoms with E-state index in [1.54, 1.807) is 4.90 Å². The number of amides is 1. The van der Waals surface area contributed by atoms with Crippen molar-refractivity contribution >= 4 is 17.3 Å². The van der Waals surface area contributed by atoms with Crippen LogP contribution in [0.4, 0.5) is 11.4 Å². The molecule has 1 aliphatic carbocycles. The minimum atomic E-state index is -0.238. The second-order valence-electron chi connectivity index (χ2n) is 8.44. The van der Waals surface area contributed by atoms with Crippen molar-refractivity contribution in [2.75, 3.05) is 18.4 Å². The Morgan fingerprint density at radius 1 is 1.00 bits per heavy atom. The molecule has 3 aromatic rings. The minimum absolute atomic E-state index is 0.0632. The predicted octanol–water partition coefficient (Wildman–Crippen LogP) is 4.77. The van der Waals surface area contributed by atoms with E-state index < -0.39 is 0 Å². The van der Waals surface area contributed by atoms with Crippen molar-refractivity contribution < 1.29 is 4.79 Å². The van der Waals surface area contributed by atoms with Gasteiger partial charge in [-0.05, 0) is 48.7 Å². The zero-order valence-corrected chi connectivity index (χ0v) is 17.2. The summed E-state index contributed by atoms with van der Waals surface area (Å²) in [4.78, 5) is 14.7. The van der Waals surface area contributed by atoms with Crippen LogP contribution >= 0.6 is 0 Å². The summed E-state index contributed by atoms with van der Waals surface area (Å²) in [6.45, 7) is 1.37. The fraction of sp³-hybridized carbons (Fsp3) is 0.231.